The maximum atomic E-state index is 14.2. The molecule has 0 radical (unpaired) electrons. The van der Waals surface area contributed by atoms with Gasteiger partial charge in [0, 0.05) is 30.5 Å². The first-order chi connectivity index (χ1) is 18.2. The van der Waals surface area contributed by atoms with Gasteiger partial charge in [0.05, 0.1) is 11.0 Å². The van der Waals surface area contributed by atoms with Crippen LogP contribution in [0, 0.1) is 23.2 Å². The highest BCUT2D eigenvalue weighted by molar-refractivity contribution is 7.10. The van der Waals surface area contributed by atoms with Crippen molar-refractivity contribution in [2.24, 2.45) is 23.2 Å². The Morgan fingerprint density at radius 3 is 2.74 bits per heavy atom. The Balaban J connectivity index is 1.12. The van der Waals surface area contributed by atoms with Gasteiger partial charge >= 0.3 is 0 Å². The smallest absolute Gasteiger partial charge is 0.271 e. The summed E-state index contributed by atoms with van der Waals surface area (Å²) in [5.41, 5.74) is 3.81. The third kappa shape index (κ3) is 4.78. The second-order valence-corrected chi connectivity index (χ2v) is 13.7. The van der Waals surface area contributed by atoms with Gasteiger partial charge in [-0.15, -0.1) is 17.1 Å². The van der Waals surface area contributed by atoms with E-state index >= 15 is 0 Å². The number of fused-ring (bicyclic) bond motifs is 1. The molecule has 0 unspecified atom stereocenters. The van der Waals surface area contributed by atoms with E-state index < -0.39 is 11.5 Å². The number of rotatable bonds is 5. The van der Waals surface area contributed by atoms with Gasteiger partial charge in [0.1, 0.15) is 0 Å². The molecule has 1 amide bonds. The third-order valence-corrected chi connectivity index (χ3v) is 11.3. The molecule has 38 heavy (non-hydrogen) atoms. The predicted octanol–water partition coefficient (Wildman–Crippen LogP) is 7.55. The van der Waals surface area contributed by atoms with Crippen molar-refractivity contribution in [1.82, 2.24) is 4.90 Å². The van der Waals surface area contributed by atoms with Gasteiger partial charge in [0.25, 0.3) is 5.92 Å². The van der Waals surface area contributed by atoms with Gasteiger partial charge in [0.15, 0.2) is 0 Å². The molecule has 3 atom stereocenters. The van der Waals surface area contributed by atoms with Crippen LogP contribution in [0.1, 0.15) is 82.4 Å². The Morgan fingerprint density at radius 1 is 1.18 bits per heavy atom. The van der Waals surface area contributed by atoms with Crippen molar-refractivity contribution in [3.63, 3.8) is 0 Å². The van der Waals surface area contributed by atoms with Crippen molar-refractivity contribution in [2.75, 3.05) is 13.1 Å². The predicted molar refractivity (Wildman–Crippen MR) is 147 cm³/mol. The Morgan fingerprint density at radius 2 is 2.00 bits per heavy atom. The van der Waals surface area contributed by atoms with E-state index in [4.69, 9.17) is 0 Å². The number of halogens is 2. The summed E-state index contributed by atoms with van der Waals surface area (Å²) in [6.07, 6.45) is 15.7. The quantitative estimate of drug-likeness (QED) is 0.393. The fraction of sp³-hybridized carbons (Fsp3) is 0.625. The maximum Gasteiger partial charge on any atom is 0.271 e. The van der Waals surface area contributed by atoms with E-state index in [0.717, 1.165) is 87.2 Å². The highest BCUT2D eigenvalue weighted by Gasteiger charge is 2.56. The fourth-order valence-corrected chi connectivity index (χ4v) is 9.15. The maximum absolute atomic E-state index is 14.2. The lowest BCUT2D eigenvalue weighted by molar-refractivity contribution is -0.143. The second-order valence-electron chi connectivity index (χ2n) is 12.7. The van der Waals surface area contributed by atoms with Gasteiger partial charge in [-0.25, -0.2) is 8.78 Å². The molecule has 3 nitrogen and oxygen atoms in total. The van der Waals surface area contributed by atoms with Crippen molar-refractivity contribution in [3.05, 3.63) is 63.1 Å². The molecule has 0 spiro atoms. The van der Waals surface area contributed by atoms with E-state index in [2.05, 4.69) is 11.8 Å². The lowest BCUT2D eigenvalue weighted by Gasteiger charge is -2.38. The largest absolute Gasteiger partial charge is 0.384 e. The van der Waals surface area contributed by atoms with E-state index in [9.17, 15) is 18.7 Å². The molecule has 1 N–H and O–H groups in total. The Hall–Kier alpha value is -2.01. The Labute approximate surface area is 229 Å². The first-order valence-electron chi connectivity index (χ1n) is 14.5. The molecule has 3 saturated carbocycles. The average Bonchev–Trinajstić information content (AvgIpc) is 3.59. The van der Waals surface area contributed by atoms with Crippen LogP contribution in [-0.4, -0.2) is 34.9 Å². The minimum absolute atomic E-state index is 0.0376. The van der Waals surface area contributed by atoms with Crippen LogP contribution < -0.4 is 0 Å². The summed E-state index contributed by atoms with van der Waals surface area (Å²) < 4.78 is 28.2. The summed E-state index contributed by atoms with van der Waals surface area (Å²) in [7, 11) is 0. The molecule has 1 aliphatic heterocycles. The highest BCUT2D eigenvalue weighted by atomic mass is 32.1. The van der Waals surface area contributed by atoms with Crippen LogP contribution in [0.4, 0.5) is 8.78 Å². The molecule has 0 aromatic carbocycles. The SMILES string of the molecule is CC(F)(F)C1=CC2=C(C=C=C1)CCN(C(=O)[C@@]13CCC[C@@H]1C[C@@H](CC1CCC(O)(c4cccs4)CC1)C3)C2. The number of carbonyl (C=O) groups excluding carboxylic acids is 1. The molecule has 5 aliphatic rings. The standard InChI is InChI=1S/C32H39F2NO2S/c1-30(33,34)26-6-2-5-24-11-15-35(21-25(24)19-26)29(36)31-12-3-7-27(31)18-23(20-31)17-22-9-13-32(37,14-10-22)28-8-4-16-38-28/h4-6,8,16,19,22-23,27,37H,3,7,9-15,17-18,20-21H2,1H3/t22?,23-,27-,31-,32?/m1/s1. The molecule has 0 bridgehead atoms. The first kappa shape index (κ1) is 26.2. The van der Waals surface area contributed by atoms with Gasteiger partial charge < -0.3 is 10.0 Å². The van der Waals surface area contributed by atoms with Crippen molar-refractivity contribution < 1.29 is 18.7 Å². The number of hydrogen-bond acceptors (Lipinski definition) is 3. The van der Waals surface area contributed by atoms with Gasteiger partial charge in [-0.2, -0.15) is 0 Å². The third-order valence-electron chi connectivity index (χ3n) is 10.3. The highest BCUT2D eigenvalue weighted by Crippen LogP contribution is 2.59. The molecule has 1 aromatic heterocycles. The zero-order valence-corrected chi connectivity index (χ0v) is 23.2. The van der Waals surface area contributed by atoms with Gasteiger partial charge in [-0.05, 0) is 123 Å². The molecular weight excluding hydrogens is 500 g/mol. The molecular formula is C32H39F2NO2S. The minimum Gasteiger partial charge on any atom is -0.384 e. The number of alkyl halides is 2. The van der Waals surface area contributed by atoms with Crippen LogP contribution in [-0.2, 0) is 10.4 Å². The zero-order chi connectivity index (χ0) is 26.5. The molecule has 4 aliphatic carbocycles. The van der Waals surface area contributed by atoms with Crippen LogP contribution in [0.5, 0.6) is 0 Å². The lowest BCUT2D eigenvalue weighted by atomic mass is 9.74. The number of allylic oxidation sites excluding steroid dienone is 2. The van der Waals surface area contributed by atoms with Crippen LogP contribution in [0.25, 0.3) is 0 Å². The van der Waals surface area contributed by atoms with E-state index in [0.29, 0.717) is 37.3 Å². The van der Waals surface area contributed by atoms with Crippen LogP contribution >= 0.6 is 11.3 Å². The first-order valence-corrected chi connectivity index (χ1v) is 15.3. The van der Waals surface area contributed by atoms with Gasteiger partial charge in [0.2, 0.25) is 5.91 Å². The van der Waals surface area contributed by atoms with Crippen molar-refractivity contribution >= 4 is 17.2 Å². The van der Waals surface area contributed by atoms with E-state index in [1.165, 1.54) is 6.08 Å². The lowest BCUT2D eigenvalue weighted by Crippen LogP contribution is -2.47. The topological polar surface area (TPSA) is 40.5 Å². The summed E-state index contributed by atoms with van der Waals surface area (Å²) in [4.78, 5) is 17.2. The van der Waals surface area contributed by atoms with Crippen molar-refractivity contribution in [1.29, 1.82) is 0 Å². The minimum atomic E-state index is -2.93. The summed E-state index contributed by atoms with van der Waals surface area (Å²) in [5, 5.41) is 13.2. The van der Waals surface area contributed by atoms with Crippen LogP contribution in [0.3, 0.4) is 0 Å². The van der Waals surface area contributed by atoms with Crippen molar-refractivity contribution in [3.8, 4) is 0 Å². The second kappa shape index (κ2) is 9.87. The van der Waals surface area contributed by atoms with Crippen LogP contribution in [0.15, 0.2) is 58.2 Å². The number of hydrogen-bond donors (Lipinski definition) is 1. The number of aliphatic hydroxyl groups is 1. The fourth-order valence-electron chi connectivity index (χ4n) is 8.27. The van der Waals surface area contributed by atoms with Crippen LogP contribution in [0.2, 0.25) is 0 Å². The Kier molecular flexibility index (Phi) is 6.81. The molecule has 3 fully saturated rings. The number of thiophene rings is 1. The summed E-state index contributed by atoms with van der Waals surface area (Å²) in [5.74, 6) is -1.02. The molecule has 2 heterocycles. The summed E-state index contributed by atoms with van der Waals surface area (Å²) in [6.45, 7) is 2.00. The normalized spacial score (nSPS) is 35.2. The monoisotopic (exact) mass is 539 g/mol. The average molecular weight is 540 g/mol. The number of carbonyl (C=O) groups is 1. The zero-order valence-electron chi connectivity index (χ0n) is 22.4. The number of amides is 1. The molecule has 6 rings (SSSR count). The van der Waals surface area contributed by atoms with E-state index in [-0.39, 0.29) is 16.9 Å². The van der Waals surface area contributed by atoms with Gasteiger partial charge in [-0.1, -0.05) is 12.5 Å². The van der Waals surface area contributed by atoms with Crippen molar-refractivity contribution in [2.45, 2.75) is 89.1 Å². The molecule has 204 valence electrons. The molecule has 1 aromatic rings. The molecule has 0 saturated heterocycles. The number of nitrogens with zero attached hydrogens (tertiary/aromatic N) is 1. The Bertz CT molecular complexity index is 1190. The summed E-state index contributed by atoms with van der Waals surface area (Å²) in [6, 6.07) is 4.08. The summed E-state index contributed by atoms with van der Waals surface area (Å²) >= 11 is 1.66. The van der Waals surface area contributed by atoms with E-state index in [1.807, 2.05) is 22.4 Å². The molecule has 6 heteroatoms. The van der Waals surface area contributed by atoms with E-state index in [1.54, 1.807) is 17.4 Å². The van der Waals surface area contributed by atoms with Gasteiger partial charge in [-0.3, -0.25) is 4.79 Å².